The van der Waals surface area contributed by atoms with Crippen molar-refractivity contribution >= 4 is 34.8 Å². The van der Waals surface area contributed by atoms with Crippen LogP contribution in [0.4, 0.5) is 24.5 Å². The molecular formula is C19H18ClF3N2O2. The molecule has 8 heteroatoms. The molecule has 2 N–H and O–H groups in total. The molecule has 0 heterocycles. The SMILES string of the molecule is Cc1c(Cl)cccc1NC(=O)C(C)(C)C(=O)Nc1ccccc1C(F)(F)F. The first-order valence-corrected chi connectivity index (χ1v) is 8.36. The highest BCUT2D eigenvalue weighted by Crippen LogP contribution is 2.35. The number of rotatable bonds is 4. The van der Waals surface area contributed by atoms with Gasteiger partial charge in [0.2, 0.25) is 11.8 Å². The normalized spacial score (nSPS) is 11.8. The Balaban J connectivity index is 2.23. The summed E-state index contributed by atoms with van der Waals surface area (Å²) in [6.07, 6.45) is -4.63. The second-order valence-corrected chi connectivity index (χ2v) is 6.90. The highest BCUT2D eigenvalue weighted by atomic mass is 35.5. The summed E-state index contributed by atoms with van der Waals surface area (Å²) in [5, 5.41) is 5.24. The standard InChI is InChI=1S/C19H18ClF3N2O2/c1-11-13(20)8-6-10-14(11)24-16(26)18(2,3)17(27)25-15-9-5-4-7-12(15)19(21,22)23/h4-10H,1-3H3,(H,24,26)(H,25,27). The number of halogens is 4. The molecule has 27 heavy (non-hydrogen) atoms. The second-order valence-electron chi connectivity index (χ2n) is 6.49. The number of nitrogens with one attached hydrogen (secondary N) is 2. The Kier molecular flexibility index (Phi) is 5.85. The average Bonchev–Trinajstić information content (AvgIpc) is 2.58. The van der Waals surface area contributed by atoms with Crippen molar-refractivity contribution in [2.24, 2.45) is 5.41 Å². The highest BCUT2D eigenvalue weighted by molar-refractivity contribution is 6.31. The minimum atomic E-state index is -4.63. The van der Waals surface area contributed by atoms with Crippen molar-refractivity contribution < 1.29 is 22.8 Å². The maximum absolute atomic E-state index is 13.1. The Morgan fingerprint density at radius 3 is 2.00 bits per heavy atom. The molecule has 0 saturated heterocycles. The zero-order valence-electron chi connectivity index (χ0n) is 14.9. The molecule has 0 aliphatic carbocycles. The molecule has 0 aliphatic rings. The van der Waals surface area contributed by atoms with Gasteiger partial charge in [-0.1, -0.05) is 29.8 Å². The summed E-state index contributed by atoms with van der Waals surface area (Å²) >= 11 is 6.00. The smallest absolute Gasteiger partial charge is 0.325 e. The van der Waals surface area contributed by atoms with E-state index in [0.29, 0.717) is 16.3 Å². The van der Waals surface area contributed by atoms with Crippen molar-refractivity contribution in [1.82, 2.24) is 0 Å². The van der Waals surface area contributed by atoms with E-state index in [0.717, 1.165) is 12.1 Å². The largest absolute Gasteiger partial charge is 0.418 e. The summed E-state index contributed by atoms with van der Waals surface area (Å²) in [5.74, 6) is -1.54. The molecule has 2 amide bonds. The average molecular weight is 399 g/mol. The van der Waals surface area contributed by atoms with Gasteiger partial charge in [0.15, 0.2) is 0 Å². The highest BCUT2D eigenvalue weighted by Gasteiger charge is 2.39. The van der Waals surface area contributed by atoms with Gasteiger partial charge in [0.05, 0.1) is 11.3 Å². The van der Waals surface area contributed by atoms with E-state index in [1.54, 1.807) is 25.1 Å². The van der Waals surface area contributed by atoms with Crippen LogP contribution in [0.3, 0.4) is 0 Å². The lowest BCUT2D eigenvalue weighted by Crippen LogP contribution is -2.42. The molecular weight excluding hydrogens is 381 g/mol. The molecule has 2 aromatic carbocycles. The number of carbonyl (C=O) groups is 2. The third-order valence-corrected chi connectivity index (χ3v) is 4.54. The fraction of sp³-hybridized carbons (Fsp3) is 0.263. The summed E-state index contributed by atoms with van der Waals surface area (Å²) in [6, 6.07) is 9.49. The quantitative estimate of drug-likeness (QED) is 0.689. The van der Waals surface area contributed by atoms with Gasteiger partial charge in [0.25, 0.3) is 0 Å². The maximum Gasteiger partial charge on any atom is 0.418 e. The van der Waals surface area contributed by atoms with Crippen molar-refractivity contribution in [2.45, 2.75) is 26.9 Å². The van der Waals surface area contributed by atoms with Crippen LogP contribution in [0.25, 0.3) is 0 Å². The van der Waals surface area contributed by atoms with Crippen LogP contribution < -0.4 is 10.6 Å². The van der Waals surface area contributed by atoms with Gasteiger partial charge in [0, 0.05) is 10.7 Å². The number of amides is 2. The molecule has 0 atom stereocenters. The van der Waals surface area contributed by atoms with Gasteiger partial charge in [0.1, 0.15) is 5.41 Å². The topological polar surface area (TPSA) is 58.2 Å². The molecule has 0 bridgehead atoms. The lowest BCUT2D eigenvalue weighted by molar-refractivity contribution is -0.137. The third-order valence-electron chi connectivity index (χ3n) is 4.13. The summed E-state index contributed by atoms with van der Waals surface area (Å²) < 4.78 is 39.2. The molecule has 0 aliphatic heterocycles. The molecule has 2 rings (SSSR count). The van der Waals surface area contributed by atoms with Crippen LogP contribution in [0, 0.1) is 12.3 Å². The van der Waals surface area contributed by atoms with Gasteiger partial charge < -0.3 is 10.6 Å². The molecule has 0 aromatic heterocycles. The number of para-hydroxylation sites is 1. The predicted molar refractivity (Wildman–Crippen MR) is 98.7 cm³/mol. The number of hydrogen-bond acceptors (Lipinski definition) is 2. The van der Waals surface area contributed by atoms with E-state index in [4.69, 9.17) is 11.6 Å². The van der Waals surface area contributed by atoms with E-state index in [1.807, 2.05) is 0 Å². The van der Waals surface area contributed by atoms with Crippen LogP contribution in [0.5, 0.6) is 0 Å². The predicted octanol–water partition coefficient (Wildman–Crippen LogP) is 5.27. The first-order valence-electron chi connectivity index (χ1n) is 7.99. The van der Waals surface area contributed by atoms with Crippen LogP contribution >= 0.6 is 11.6 Å². The molecule has 0 fully saturated rings. The monoisotopic (exact) mass is 398 g/mol. The molecule has 0 radical (unpaired) electrons. The van der Waals surface area contributed by atoms with E-state index in [1.165, 1.54) is 26.0 Å². The number of anilines is 2. The van der Waals surface area contributed by atoms with E-state index >= 15 is 0 Å². The molecule has 0 unspecified atom stereocenters. The van der Waals surface area contributed by atoms with Crippen LogP contribution in [0.2, 0.25) is 5.02 Å². The molecule has 144 valence electrons. The van der Waals surface area contributed by atoms with Crippen molar-refractivity contribution in [3.05, 3.63) is 58.6 Å². The maximum atomic E-state index is 13.1. The summed E-state index contributed by atoms with van der Waals surface area (Å²) in [6.45, 7) is 4.35. The summed E-state index contributed by atoms with van der Waals surface area (Å²) in [4.78, 5) is 25.1. The third kappa shape index (κ3) is 4.60. The zero-order chi connectivity index (χ0) is 20.4. The number of hydrogen-bond donors (Lipinski definition) is 2. The first kappa shape index (κ1) is 20.8. The van der Waals surface area contributed by atoms with Gasteiger partial charge in [-0.25, -0.2) is 0 Å². The van der Waals surface area contributed by atoms with Gasteiger partial charge >= 0.3 is 6.18 Å². The number of alkyl halides is 3. The van der Waals surface area contributed by atoms with Gasteiger partial charge in [-0.3, -0.25) is 9.59 Å². The van der Waals surface area contributed by atoms with Crippen molar-refractivity contribution in [3.8, 4) is 0 Å². The molecule has 2 aromatic rings. The van der Waals surface area contributed by atoms with E-state index in [-0.39, 0.29) is 0 Å². The minimum absolute atomic E-state index is 0.408. The fourth-order valence-electron chi connectivity index (χ4n) is 2.24. The summed E-state index contributed by atoms with van der Waals surface area (Å²) in [7, 11) is 0. The lowest BCUT2D eigenvalue weighted by Gasteiger charge is -2.24. The number of carbonyl (C=O) groups excluding carboxylic acids is 2. The van der Waals surface area contributed by atoms with Crippen molar-refractivity contribution in [1.29, 1.82) is 0 Å². The van der Waals surface area contributed by atoms with E-state index in [2.05, 4.69) is 10.6 Å². The van der Waals surface area contributed by atoms with Crippen LogP contribution in [0.15, 0.2) is 42.5 Å². The van der Waals surface area contributed by atoms with Crippen LogP contribution in [-0.4, -0.2) is 11.8 Å². The second kappa shape index (κ2) is 7.60. The Morgan fingerprint density at radius 1 is 0.889 bits per heavy atom. The summed E-state index contributed by atoms with van der Waals surface area (Å²) in [5.41, 5.74) is -1.99. The Morgan fingerprint density at radius 2 is 1.41 bits per heavy atom. The van der Waals surface area contributed by atoms with Crippen LogP contribution in [-0.2, 0) is 15.8 Å². The molecule has 4 nitrogen and oxygen atoms in total. The van der Waals surface area contributed by atoms with Crippen LogP contribution in [0.1, 0.15) is 25.0 Å². The first-order chi connectivity index (χ1) is 12.4. The Bertz CT molecular complexity index is 879. The van der Waals surface area contributed by atoms with E-state index in [9.17, 15) is 22.8 Å². The van der Waals surface area contributed by atoms with E-state index < -0.39 is 34.7 Å². The molecule has 0 saturated carbocycles. The zero-order valence-corrected chi connectivity index (χ0v) is 15.6. The number of benzene rings is 2. The van der Waals surface area contributed by atoms with Gasteiger partial charge in [-0.05, 0) is 50.6 Å². The van der Waals surface area contributed by atoms with Crippen molar-refractivity contribution in [2.75, 3.05) is 10.6 Å². The Labute approximate surface area is 159 Å². The van der Waals surface area contributed by atoms with Crippen molar-refractivity contribution in [3.63, 3.8) is 0 Å². The Hall–Kier alpha value is -2.54. The lowest BCUT2D eigenvalue weighted by atomic mass is 9.90. The van der Waals surface area contributed by atoms with Gasteiger partial charge in [-0.2, -0.15) is 13.2 Å². The van der Waals surface area contributed by atoms with Gasteiger partial charge in [-0.15, -0.1) is 0 Å². The molecule has 0 spiro atoms. The fourth-order valence-corrected chi connectivity index (χ4v) is 2.42. The minimum Gasteiger partial charge on any atom is -0.325 e.